The SMILES string of the molecule is COc1cc(CNC[C@H](O)c2ccc(O)c3[nH]c(=O)ccc23)ccc1C(=O)NCC(=O)N1CCC(COc2cccc([C@@](O)([SiH2]c3ccccc3)C(=O)OCC3CCN(Cc4ccccc4)CC3)c2)CC1. The second-order valence-electron chi connectivity index (χ2n) is 18.6. The summed E-state index contributed by atoms with van der Waals surface area (Å²) < 4.78 is 17.8. The number of hydrogen-bond acceptors (Lipinski definition) is 12. The number of hydrogen-bond donors (Lipinski definition) is 6. The highest BCUT2D eigenvalue weighted by Gasteiger charge is 2.41. The van der Waals surface area contributed by atoms with Gasteiger partial charge in [0.1, 0.15) is 26.8 Å². The molecule has 0 aliphatic carbocycles. The number of carbonyl (C=O) groups is 3. The molecular formula is C55H63N5O10Si. The molecule has 3 heterocycles. The van der Waals surface area contributed by atoms with Crippen LogP contribution in [0.25, 0.3) is 10.9 Å². The number of aliphatic hydroxyl groups excluding tert-OH is 1. The van der Waals surface area contributed by atoms with Crippen LogP contribution in [0.1, 0.15) is 64.4 Å². The largest absolute Gasteiger partial charge is 0.506 e. The van der Waals surface area contributed by atoms with Crippen LogP contribution < -0.4 is 30.9 Å². The topological polar surface area (TPSA) is 203 Å². The lowest BCUT2D eigenvalue weighted by atomic mass is 9.97. The number of methoxy groups -OCH3 is 1. The maximum Gasteiger partial charge on any atom is 0.338 e. The molecule has 2 amide bonds. The van der Waals surface area contributed by atoms with Gasteiger partial charge in [0.2, 0.25) is 11.5 Å². The van der Waals surface area contributed by atoms with Gasteiger partial charge in [0.05, 0.1) is 44.1 Å². The number of likely N-dealkylation sites (tertiary alicyclic amines) is 2. The molecule has 0 bridgehead atoms. The first-order valence-electron chi connectivity index (χ1n) is 24.4. The predicted molar refractivity (Wildman–Crippen MR) is 273 cm³/mol. The standard InChI is InChI=1S/C55H63N5O10Si/c1-68-49-29-40(31-56-32-48(62)44-17-19-47(61)52-45(44)18-20-50(63)58-52)15-16-46(49)53(65)57-33-51(64)60-27-23-39(24-28-60)35-69-42-12-8-11-41(30-42)55(67,71-43-13-6-3-7-14-43)54(66)70-36-38-21-25-59(26-22-38)34-37-9-4-2-5-10-37/h2-20,29-30,38-39,48,56,61-62,67H,21-28,31-36,71H2,1H3,(H,57,65)(H,58,63)/t48-,55+/m0/s1. The minimum Gasteiger partial charge on any atom is -0.506 e. The molecule has 71 heavy (non-hydrogen) atoms. The van der Waals surface area contributed by atoms with E-state index in [1.54, 1.807) is 53.4 Å². The second kappa shape index (κ2) is 23.9. The number of piperidine rings is 2. The minimum atomic E-state index is -1.80. The van der Waals surface area contributed by atoms with Crippen LogP contribution in [0.3, 0.4) is 0 Å². The Morgan fingerprint density at radius 1 is 0.817 bits per heavy atom. The van der Waals surface area contributed by atoms with Gasteiger partial charge in [-0.15, -0.1) is 0 Å². The molecule has 1 aromatic heterocycles. The summed E-state index contributed by atoms with van der Waals surface area (Å²) in [5.74, 6) is -0.0895. The number of benzene rings is 5. The third-order valence-corrected chi connectivity index (χ3v) is 15.7. The third kappa shape index (κ3) is 13.1. The van der Waals surface area contributed by atoms with Crippen LogP contribution in [0.4, 0.5) is 0 Å². The van der Waals surface area contributed by atoms with Gasteiger partial charge < -0.3 is 50.0 Å². The van der Waals surface area contributed by atoms with Crippen molar-refractivity contribution >= 4 is 43.4 Å². The molecule has 16 heteroatoms. The van der Waals surface area contributed by atoms with E-state index >= 15 is 0 Å². The number of amides is 2. The van der Waals surface area contributed by atoms with Crippen LogP contribution in [0.5, 0.6) is 17.2 Å². The quantitative estimate of drug-likeness (QED) is 0.0471. The van der Waals surface area contributed by atoms with Crippen molar-refractivity contribution in [1.29, 1.82) is 0 Å². The van der Waals surface area contributed by atoms with Crippen LogP contribution >= 0.6 is 0 Å². The number of phenolic OH excluding ortho intramolecular Hbond substituents is 1. The number of fused-ring (bicyclic) bond motifs is 1. The van der Waals surface area contributed by atoms with Crippen molar-refractivity contribution < 1.29 is 43.9 Å². The van der Waals surface area contributed by atoms with Gasteiger partial charge in [0.15, 0.2) is 5.22 Å². The molecule has 0 unspecified atom stereocenters. The zero-order valence-electron chi connectivity index (χ0n) is 40.1. The summed E-state index contributed by atoms with van der Waals surface area (Å²) in [6, 6.07) is 38.3. The Bertz CT molecular complexity index is 2820. The number of aliphatic hydroxyl groups is 2. The van der Waals surface area contributed by atoms with Gasteiger partial charge in [-0.25, -0.2) is 4.79 Å². The summed E-state index contributed by atoms with van der Waals surface area (Å²) in [6.45, 7) is 4.76. The number of aromatic nitrogens is 1. The Morgan fingerprint density at radius 2 is 1.54 bits per heavy atom. The zero-order valence-corrected chi connectivity index (χ0v) is 41.5. The van der Waals surface area contributed by atoms with E-state index in [1.165, 1.54) is 24.8 Å². The second-order valence-corrected chi connectivity index (χ2v) is 20.8. The van der Waals surface area contributed by atoms with E-state index in [4.69, 9.17) is 14.2 Å². The summed E-state index contributed by atoms with van der Waals surface area (Å²) in [5, 5.41) is 39.0. The van der Waals surface area contributed by atoms with E-state index in [0.717, 1.165) is 43.2 Å². The molecule has 372 valence electrons. The molecular weight excluding hydrogens is 919 g/mol. The van der Waals surface area contributed by atoms with E-state index < -0.39 is 32.7 Å². The normalized spacial score (nSPS) is 16.1. The number of nitrogens with one attached hydrogen (secondary N) is 3. The monoisotopic (exact) mass is 981 g/mol. The highest BCUT2D eigenvalue weighted by Crippen LogP contribution is 2.31. The highest BCUT2D eigenvalue weighted by atomic mass is 28.2. The fourth-order valence-corrected chi connectivity index (χ4v) is 11.2. The Morgan fingerprint density at radius 3 is 2.28 bits per heavy atom. The van der Waals surface area contributed by atoms with Gasteiger partial charge in [-0.3, -0.25) is 19.3 Å². The molecule has 15 nitrogen and oxygen atoms in total. The van der Waals surface area contributed by atoms with Crippen molar-refractivity contribution in [1.82, 2.24) is 25.4 Å². The maximum atomic E-state index is 14.0. The number of nitrogens with zero attached hydrogens (tertiary/aromatic N) is 2. The Labute approximate surface area is 415 Å². The Hall–Kier alpha value is -6.82. The predicted octanol–water partition coefficient (Wildman–Crippen LogP) is 4.21. The first-order valence-corrected chi connectivity index (χ1v) is 25.8. The zero-order chi connectivity index (χ0) is 49.7. The summed E-state index contributed by atoms with van der Waals surface area (Å²) >= 11 is 0. The first-order chi connectivity index (χ1) is 34.4. The lowest BCUT2D eigenvalue weighted by Crippen LogP contribution is -2.48. The van der Waals surface area contributed by atoms with Gasteiger partial charge in [0.25, 0.3) is 5.91 Å². The number of esters is 1. The van der Waals surface area contributed by atoms with Crippen molar-refractivity contribution in [3.63, 3.8) is 0 Å². The van der Waals surface area contributed by atoms with Gasteiger partial charge >= 0.3 is 5.97 Å². The van der Waals surface area contributed by atoms with Crippen molar-refractivity contribution in [2.45, 2.75) is 50.1 Å². The number of phenols is 1. The molecule has 2 fully saturated rings. The third-order valence-electron chi connectivity index (χ3n) is 13.7. The molecule has 6 aromatic rings. The van der Waals surface area contributed by atoms with E-state index in [-0.39, 0.29) is 59.8 Å². The van der Waals surface area contributed by atoms with Gasteiger partial charge in [-0.1, -0.05) is 90.1 Å². The van der Waals surface area contributed by atoms with Crippen LogP contribution in [0, 0.1) is 11.8 Å². The van der Waals surface area contributed by atoms with Crippen molar-refractivity contribution in [2.24, 2.45) is 11.8 Å². The molecule has 0 radical (unpaired) electrons. The smallest absolute Gasteiger partial charge is 0.338 e. The molecule has 8 rings (SSSR count). The number of H-pyrrole nitrogens is 1. The molecule has 2 saturated heterocycles. The Kier molecular flexibility index (Phi) is 17.0. The molecule has 0 saturated carbocycles. The van der Waals surface area contributed by atoms with Crippen LogP contribution in [0.15, 0.2) is 132 Å². The minimum absolute atomic E-state index is 0.0867. The fraction of sp³-hybridized carbons (Fsp3) is 0.345. The lowest BCUT2D eigenvalue weighted by Gasteiger charge is -2.33. The number of rotatable bonds is 20. The van der Waals surface area contributed by atoms with Gasteiger partial charge in [0, 0.05) is 44.2 Å². The van der Waals surface area contributed by atoms with Crippen molar-refractivity contribution in [3.8, 4) is 17.2 Å². The highest BCUT2D eigenvalue weighted by molar-refractivity contribution is 6.60. The number of pyridine rings is 1. The van der Waals surface area contributed by atoms with E-state index in [0.29, 0.717) is 67.1 Å². The lowest BCUT2D eigenvalue weighted by molar-refractivity contribution is -0.160. The van der Waals surface area contributed by atoms with Crippen molar-refractivity contribution in [3.05, 3.63) is 166 Å². The van der Waals surface area contributed by atoms with E-state index in [1.807, 2.05) is 42.5 Å². The summed E-state index contributed by atoms with van der Waals surface area (Å²) in [4.78, 5) is 59.1. The summed E-state index contributed by atoms with van der Waals surface area (Å²) in [7, 11) is -0.152. The van der Waals surface area contributed by atoms with Crippen LogP contribution in [-0.2, 0) is 32.6 Å². The molecule has 2 atom stereocenters. The Balaban J connectivity index is 0.783. The van der Waals surface area contributed by atoms with Crippen molar-refractivity contribution in [2.75, 3.05) is 59.6 Å². The summed E-state index contributed by atoms with van der Waals surface area (Å²) in [6.07, 6.45) is 2.30. The molecule has 2 aliphatic heterocycles. The molecule has 0 spiro atoms. The molecule has 2 aliphatic rings. The van der Waals surface area contributed by atoms with E-state index in [2.05, 4.69) is 44.8 Å². The number of ether oxygens (including phenoxy) is 3. The maximum absolute atomic E-state index is 14.0. The number of carbonyl (C=O) groups excluding carboxylic acids is 3. The molecule has 5 aromatic carbocycles. The number of aromatic hydroxyl groups is 1. The first kappa shape index (κ1) is 50.6. The fourth-order valence-electron chi connectivity index (χ4n) is 9.46. The summed E-state index contributed by atoms with van der Waals surface area (Å²) in [5.41, 5.74) is 3.25. The van der Waals surface area contributed by atoms with Crippen LogP contribution in [-0.4, -0.2) is 117 Å². The average Bonchev–Trinajstić information content (AvgIpc) is 3.40. The van der Waals surface area contributed by atoms with E-state index in [9.17, 15) is 34.5 Å². The van der Waals surface area contributed by atoms with Gasteiger partial charge in [-0.2, -0.15) is 0 Å². The molecule has 6 N–H and O–H groups in total. The van der Waals surface area contributed by atoms with Gasteiger partial charge in [-0.05, 0) is 109 Å². The average molecular weight is 982 g/mol. The number of aromatic amines is 1. The van der Waals surface area contributed by atoms with Crippen LogP contribution in [0.2, 0.25) is 0 Å².